The third-order valence-corrected chi connectivity index (χ3v) is 2.54. The number of anilines is 2. The molecule has 0 aromatic carbocycles. The van der Waals surface area contributed by atoms with Crippen molar-refractivity contribution in [3.05, 3.63) is 17.3 Å². The van der Waals surface area contributed by atoms with Crippen LogP contribution in [0, 0.1) is 0 Å². The second-order valence-corrected chi connectivity index (χ2v) is 4.22. The van der Waals surface area contributed by atoms with Gasteiger partial charge in [0.25, 0.3) is 0 Å². The molecule has 0 aliphatic carbocycles. The average Bonchev–Trinajstić information content (AvgIpc) is 2.15. The molecule has 0 radical (unpaired) electrons. The summed E-state index contributed by atoms with van der Waals surface area (Å²) in [6.07, 6.45) is 1.58. The fourth-order valence-electron chi connectivity index (χ4n) is 1.03. The first kappa shape index (κ1) is 12.1. The van der Waals surface area contributed by atoms with Crippen LogP contribution >= 0.6 is 11.6 Å². The Morgan fingerprint density at radius 2 is 2.27 bits per heavy atom. The van der Waals surface area contributed by atoms with Crippen LogP contribution in [0.15, 0.2) is 12.3 Å². The van der Waals surface area contributed by atoms with E-state index < -0.39 is 0 Å². The highest BCUT2D eigenvalue weighted by molar-refractivity contribution is 6.30. The summed E-state index contributed by atoms with van der Waals surface area (Å²) in [6.45, 7) is 2.92. The van der Waals surface area contributed by atoms with Crippen molar-refractivity contribution < 1.29 is 0 Å². The Morgan fingerprint density at radius 1 is 1.60 bits per heavy atom. The van der Waals surface area contributed by atoms with Gasteiger partial charge in [-0.25, -0.2) is 4.98 Å². The van der Waals surface area contributed by atoms with Gasteiger partial charge in [0.2, 0.25) is 0 Å². The molecule has 0 aliphatic heterocycles. The van der Waals surface area contributed by atoms with Crippen LogP contribution in [-0.2, 0) is 0 Å². The Hall–Kier alpha value is -1.00. The lowest BCUT2D eigenvalue weighted by molar-refractivity contribution is 0.326. The molecule has 1 aromatic heterocycles. The van der Waals surface area contributed by atoms with Crippen LogP contribution in [0.2, 0.25) is 5.02 Å². The minimum absolute atomic E-state index is 0.418. The lowest BCUT2D eigenvalue weighted by Gasteiger charge is -2.20. The zero-order valence-electron chi connectivity index (χ0n) is 9.29. The van der Waals surface area contributed by atoms with E-state index in [0.29, 0.717) is 22.6 Å². The quantitative estimate of drug-likeness (QED) is 0.824. The second-order valence-electron chi connectivity index (χ2n) is 3.78. The molecule has 0 fully saturated rings. The van der Waals surface area contributed by atoms with E-state index in [1.165, 1.54) is 0 Å². The van der Waals surface area contributed by atoms with Crippen molar-refractivity contribution in [2.24, 2.45) is 0 Å². The van der Waals surface area contributed by atoms with Gasteiger partial charge in [0, 0.05) is 18.8 Å². The fourth-order valence-corrected chi connectivity index (χ4v) is 1.20. The van der Waals surface area contributed by atoms with Crippen molar-refractivity contribution in [2.45, 2.75) is 13.0 Å². The van der Waals surface area contributed by atoms with Crippen LogP contribution in [0.4, 0.5) is 11.5 Å². The average molecular weight is 229 g/mol. The van der Waals surface area contributed by atoms with Gasteiger partial charge in [-0.05, 0) is 27.1 Å². The molecule has 1 rings (SSSR count). The molecule has 1 aromatic rings. The van der Waals surface area contributed by atoms with Crippen molar-refractivity contribution in [3.63, 3.8) is 0 Å². The molecule has 5 heteroatoms. The smallest absolute Gasteiger partial charge is 0.149 e. The lowest BCUT2D eigenvalue weighted by Crippen LogP contribution is -2.31. The van der Waals surface area contributed by atoms with E-state index in [-0.39, 0.29) is 0 Å². The first-order chi connectivity index (χ1) is 7.00. The summed E-state index contributed by atoms with van der Waals surface area (Å²) >= 11 is 5.75. The van der Waals surface area contributed by atoms with Crippen LogP contribution < -0.4 is 11.1 Å². The number of aromatic nitrogens is 1. The number of pyridine rings is 1. The van der Waals surface area contributed by atoms with Gasteiger partial charge in [0.15, 0.2) is 0 Å². The summed E-state index contributed by atoms with van der Waals surface area (Å²) < 4.78 is 0. The van der Waals surface area contributed by atoms with Crippen LogP contribution in [0.25, 0.3) is 0 Å². The Bertz CT molecular complexity index is 327. The number of likely N-dealkylation sites (N-methyl/N-ethyl adjacent to an activating group) is 1. The molecular weight excluding hydrogens is 212 g/mol. The number of rotatable bonds is 4. The van der Waals surface area contributed by atoms with Gasteiger partial charge in [-0.1, -0.05) is 11.6 Å². The lowest BCUT2D eigenvalue weighted by atomic mass is 10.3. The first-order valence-electron chi connectivity index (χ1n) is 4.82. The molecule has 84 valence electrons. The topological polar surface area (TPSA) is 54.2 Å². The van der Waals surface area contributed by atoms with Crippen molar-refractivity contribution in [2.75, 3.05) is 31.7 Å². The molecule has 1 unspecified atom stereocenters. The molecule has 0 amide bonds. The van der Waals surface area contributed by atoms with Crippen LogP contribution in [0.5, 0.6) is 0 Å². The van der Waals surface area contributed by atoms with E-state index in [2.05, 4.69) is 22.1 Å². The van der Waals surface area contributed by atoms with Gasteiger partial charge in [-0.3, -0.25) is 0 Å². The molecule has 15 heavy (non-hydrogen) atoms. The minimum Gasteiger partial charge on any atom is -0.396 e. The van der Waals surface area contributed by atoms with Gasteiger partial charge in [0.1, 0.15) is 5.82 Å². The number of hydrogen-bond donors (Lipinski definition) is 2. The number of nitrogens with zero attached hydrogens (tertiary/aromatic N) is 2. The van der Waals surface area contributed by atoms with E-state index in [9.17, 15) is 0 Å². The number of nitrogens with one attached hydrogen (secondary N) is 1. The number of nitrogen functional groups attached to an aromatic ring is 1. The highest BCUT2D eigenvalue weighted by atomic mass is 35.5. The maximum Gasteiger partial charge on any atom is 0.149 e. The number of halogens is 1. The second kappa shape index (κ2) is 5.19. The maximum absolute atomic E-state index is 5.76. The molecule has 0 spiro atoms. The molecule has 0 saturated heterocycles. The third-order valence-electron chi connectivity index (χ3n) is 2.33. The Labute approximate surface area is 95.4 Å². The van der Waals surface area contributed by atoms with Crippen molar-refractivity contribution in [1.82, 2.24) is 9.88 Å². The SMILES string of the molecule is CC(CNc1ncc(Cl)cc1N)N(C)C. The molecular formula is C10H17ClN4. The van der Waals surface area contributed by atoms with Gasteiger partial charge in [-0.15, -0.1) is 0 Å². The van der Waals surface area contributed by atoms with E-state index in [1.807, 2.05) is 14.1 Å². The van der Waals surface area contributed by atoms with Crippen molar-refractivity contribution in [1.29, 1.82) is 0 Å². The molecule has 1 atom stereocenters. The zero-order chi connectivity index (χ0) is 11.4. The molecule has 1 heterocycles. The summed E-state index contributed by atoms with van der Waals surface area (Å²) in [4.78, 5) is 6.25. The first-order valence-corrected chi connectivity index (χ1v) is 5.20. The van der Waals surface area contributed by atoms with Crippen molar-refractivity contribution in [3.8, 4) is 0 Å². The van der Waals surface area contributed by atoms with Crippen LogP contribution in [0.1, 0.15) is 6.92 Å². The minimum atomic E-state index is 0.418. The molecule has 4 nitrogen and oxygen atoms in total. The molecule has 0 saturated carbocycles. The van der Waals surface area contributed by atoms with Gasteiger partial charge >= 0.3 is 0 Å². The molecule has 0 aliphatic rings. The van der Waals surface area contributed by atoms with E-state index in [1.54, 1.807) is 12.3 Å². The van der Waals surface area contributed by atoms with Gasteiger partial charge in [-0.2, -0.15) is 0 Å². The largest absolute Gasteiger partial charge is 0.396 e. The van der Waals surface area contributed by atoms with Gasteiger partial charge in [0.05, 0.1) is 10.7 Å². The Balaban J connectivity index is 2.58. The summed E-state index contributed by atoms with van der Waals surface area (Å²) in [7, 11) is 4.07. The summed E-state index contributed by atoms with van der Waals surface area (Å²) in [5.74, 6) is 0.688. The summed E-state index contributed by atoms with van der Waals surface area (Å²) in [5, 5.41) is 3.74. The summed E-state index contributed by atoms with van der Waals surface area (Å²) in [6, 6.07) is 2.11. The Morgan fingerprint density at radius 3 is 2.80 bits per heavy atom. The van der Waals surface area contributed by atoms with E-state index in [0.717, 1.165) is 6.54 Å². The maximum atomic E-state index is 5.76. The molecule has 0 bridgehead atoms. The van der Waals surface area contributed by atoms with E-state index >= 15 is 0 Å². The summed E-state index contributed by atoms with van der Waals surface area (Å²) in [5.41, 5.74) is 6.34. The van der Waals surface area contributed by atoms with Crippen molar-refractivity contribution >= 4 is 23.1 Å². The van der Waals surface area contributed by atoms with Gasteiger partial charge < -0.3 is 16.0 Å². The van der Waals surface area contributed by atoms with Crippen LogP contribution in [0.3, 0.4) is 0 Å². The highest BCUT2D eigenvalue weighted by Crippen LogP contribution is 2.19. The number of nitrogens with two attached hydrogens (primary N) is 1. The normalized spacial score (nSPS) is 12.9. The monoisotopic (exact) mass is 228 g/mol. The van der Waals surface area contributed by atoms with E-state index in [4.69, 9.17) is 17.3 Å². The third kappa shape index (κ3) is 3.57. The zero-order valence-corrected chi connectivity index (χ0v) is 10.0. The standard InChI is InChI=1S/C10H17ClN4/c1-7(15(2)3)5-13-10-9(12)4-8(11)6-14-10/h4,6-7H,5,12H2,1-3H3,(H,13,14). The molecule has 3 N–H and O–H groups in total. The predicted molar refractivity (Wildman–Crippen MR) is 65.3 cm³/mol. The highest BCUT2D eigenvalue weighted by Gasteiger charge is 2.06. The van der Waals surface area contributed by atoms with Crippen LogP contribution in [-0.4, -0.2) is 36.6 Å². The number of hydrogen-bond acceptors (Lipinski definition) is 4. The Kier molecular flexibility index (Phi) is 4.17. The fraction of sp³-hybridized carbons (Fsp3) is 0.500. The predicted octanol–water partition coefficient (Wildman–Crippen LogP) is 1.68.